The maximum atomic E-state index is 13.9. The number of aliphatic hydroxyl groups excluding tert-OH is 1. The zero-order valence-electron chi connectivity index (χ0n) is 11.0. The average Bonchev–Trinajstić information content (AvgIpc) is 2.85. The van der Waals surface area contributed by atoms with Crippen LogP contribution in [0.3, 0.4) is 0 Å². The molecule has 0 radical (unpaired) electrons. The lowest BCUT2D eigenvalue weighted by Crippen LogP contribution is -2.39. The van der Waals surface area contributed by atoms with Gasteiger partial charge in [0, 0.05) is 24.6 Å². The minimum absolute atomic E-state index is 0.134. The molecule has 8 heteroatoms. The molecule has 0 aromatic heterocycles. The van der Waals surface area contributed by atoms with Gasteiger partial charge < -0.3 is 10.4 Å². The van der Waals surface area contributed by atoms with E-state index in [-0.39, 0.29) is 18.6 Å². The first-order valence-corrected chi connectivity index (χ1v) is 6.49. The SMILES string of the molecule is O=C(NC1CCCC1CO)c1c(F)ccc([N+](=O)[O-])c1F. The lowest BCUT2D eigenvalue weighted by atomic mass is 10.0. The van der Waals surface area contributed by atoms with Gasteiger partial charge in [0.2, 0.25) is 5.82 Å². The minimum Gasteiger partial charge on any atom is -0.396 e. The molecule has 0 spiro atoms. The summed E-state index contributed by atoms with van der Waals surface area (Å²) in [6.45, 7) is -0.134. The Morgan fingerprint density at radius 1 is 1.43 bits per heavy atom. The van der Waals surface area contributed by atoms with E-state index in [2.05, 4.69) is 5.32 Å². The van der Waals surface area contributed by atoms with E-state index in [1.54, 1.807) is 0 Å². The zero-order valence-corrected chi connectivity index (χ0v) is 11.0. The first-order chi connectivity index (χ1) is 9.95. The van der Waals surface area contributed by atoms with Crippen molar-refractivity contribution in [3.8, 4) is 0 Å². The second-order valence-corrected chi connectivity index (χ2v) is 4.97. The normalized spacial score (nSPS) is 21.3. The van der Waals surface area contributed by atoms with Crippen LogP contribution < -0.4 is 5.32 Å². The fourth-order valence-corrected chi connectivity index (χ4v) is 2.58. The summed E-state index contributed by atoms with van der Waals surface area (Å²) >= 11 is 0. The van der Waals surface area contributed by atoms with Gasteiger partial charge in [-0.05, 0) is 18.9 Å². The van der Waals surface area contributed by atoms with Crippen molar-refractivity contribution in [1.82, 2.24) is 5.32 Å². The number of carbonyl (C=O) groups excluding carboxylic acids is 1. The Kier molecular flexibility index (Phi) is 4.46. The fraction of sp³-hybridized carbons (Fsp3) is 0.462. The van der Waals surface area contributed by atoms with Crippen LogP contribution in [0.15, 0.2) is 12.1 Å². The van der Waals surface area contributed by atoms with Gasteiger partial charge in [0.05, 0.1) is 4.92 Å². The second-order valence-electron chi connectivity index (χ2n) is 4.97. The van der Waals surface area contributed by atoms with Gasteiger partial charge in [0.15, 0.2) is 0 Å². The van der Waals surface area contributed by atoms with Gasteiger partial charge in [-0.15, -0.1) is 0 Å². The molecule has 114 valence electrons. The molecular weight excluding hydrogens is 286 g/mol. The summed E-state index contributed by atoms with van der Waals surface area (Å²) in [7, 11) is 0. The molecule has 1 amide bonds. The van der Waals surface area contributed by atoms with E-state index in [1.165, 1.54) is 0 Å². The number of rotatable bonds is 4. The number of aliphatic hydroxyl groups is 1. The summed E-state index contributed by atoms with van der Waals surface area (Å²) < 4.78 is 27.5. The third-order valence-corrected chi connectivity index (χ3v) is 3.70. The van der Waals surface area contributed by atoms with Crippen LogP contribution in [0.25, 0.3) is 0 Å². The van der Waals surface area contributed by atoms with Crippen LogP contribution in [-0.2, 0) is 0 Å². The van der Waals surface area contributed by atoms with Gasteiger partial charge in [-0.25, -0.2) is 4.39 Å². The van der Waals surface area contributed by atoms with Crippen molar-refractivity contribution in [3.05, 3.63) is 39.4 Å². The molecule has 1 fully saturated rings. The van der Waals surface area contributed by atoms with Crippen LogP contribution in [0, 0.1) is 27.7 Å². The van der Waals surface area contributed by atoms with Crippen molar-refractivity contribution in [3.63, 3.8) is 0 Å². The van der Waals surface area contributed by atoms with Crippen LogP contribution in [0.4, 0.5) is 14.5 Å². The Morgan fingerprint density at radius 3 is 2.76 bits per heavy atom. The van der Waals surface area contributed by atoms with Crippen LogP contribution in [-0.4, -0.2) is 28.6 Å². The molecule has 2 rings (SSSR count). The molecule has 0 saturated heterocycles. The molecule has 1 aromatic rings. The lowest BCUT2D eigenvalue weighted by Gasteiger charge is -2.19. The molecule has 2 N–H and O–H groups in total. The first kappa shape index (κ1) is 15.3. The van der Waals surface area contributed by atoms with Crippen molar-refractivity contribution in [2.24, 2.45) is 5.92 Å². The Hall–Kier alpha value is -2.09. The number of amides is 1. The van der Waals surface area contributed by atoms with Crippen molar-refractivity contribution >= 4 is 11.6 Å². The van der Waals surface area contributed by atoms with E-state index in [0.29, 0.717) is 25.0 Å². The van der Waals surface area contributed by atoms with Crippen LogP contribution in [0.5, 0.6) is 0 Å². The number of nitrogens with zero attached hydrogens (tertiary/aromatic N) is 1. The molecule has 0 aliphatic heterocycles. The van der Waals surface area contributed by atoms with Crippen LogP contribution in [0.1, 0.15) is 29.6 Å². The first-order valence-electron chi connectivity index (χ1n) is 6.49. The molecule has 2 atom stereocenters. The predicted molar refractivity (Wildman–Crippen MR) is 68.7 cm³/mol. The highest BCUT2D eigenvalue weighted by molar-refractivity contribution is 5.95. The van der Waals surface area contributed by atoms with Gasteiger partial charge in [-0.3, -0.25) is 14.9 Å². The van der Waals surface area contributed by atoms with Crippen LogP contribution in [0.2, 0.25) is 0 Å². The van der Waals surface area contributed by atoms with Crippen molar-refractivity contribution in [1.29, 1.82) is 0 Å². The van der Waals surface area contributed by atoms with Crippen LogP contribution >= 0.6 is 0 Å². The Balaban J connectivity index is 2.27. The van der Waals surface area contributed by atoms with E-state index < -0.39 is 33.7 Å². The van der Waals surface area contributed by atoms with E-state index in [1.807, 2.05) is 0 Å². The predicted octanol–water partition coefficient (Wildman–Crippen LogP) is 1.76. The summed E-state index contributed by atoms with van der Waals surface area (Å²) in [6, 6.07) is 0.975. The number of nitro benzene ring substituents is 1. The van der Waals surface area contributed by atoms with E-state index >= 15 is 0 Å². The number of nitrogens with one attached hydrogen (secondary N) is 1. The van der Waals surface area contributed by atoms with Gasteiger partial charge in [0.25, 0.3) is 5.91 Å². The van der Waals surface area contributed by atoms with Crippen molar-refractivity contribution in [2.45, 2.75) is 25.3 Å². The minimum atomic E-state index is -1.49. The van der Waals surface area contributed by atoms with Crippen molar-refractivity contribution in [2.75, 3.05) is 6.61 Å². The quantitative estimate of drug-likeness (QED) is 0.654. The monoisotopic (exact) mass is 300 g/mol. The molecule has 1 saturated carbocycles. The second kappa shape index (κ2) is 6.13. The highest BCUT2D eigenvalue weighted by atomic mass is 19.1. The summed E-state index contributed by atoms with van der Waals surface area (Å²) in [5, 5.41) is 22.2. The largest absolute Gasteiger partial charge is 0.396 e. The van der Waals surface area contributed by atoms with Crippen molar-refractivity contribution < 1.29 is 23.6 Å². The Bertz CT molecular complexity index is 580. The third-order valence-electron chi connectivity index (χ3n) is 3.70. The maximum Gasteiger partial charge on any atom is 0.305 e. The number of carbonyl (C=O) groups is 1. The fourth-order valence-electron chi connectivity index (χ4n) is 2.58. The number of nitro groups is 1. The Morgan fingerprint density at radius 2 is 2.14 bits per heavy atom. The molecule has 0 heterocycles. The molecule has 1 aromatic carbocycles. The van der Waals surface area contributed by atoms with Gasteiger partial charge in [-0.2, -0.15) is 4.39 Å². The summed E-state index contributed by atoms with van der Waals surface area (Å²) in [6.07, 6.45) is 2.09. The topological polar surface area (TPSA) is 92.5 Å². The summed E-state index contributed by atoms with van der Waals surface area (Å²) in [4.78, 5) is 21.6. The highest BCUT2D eigenvalue weighted by Crippen LogP contribution is 2.27. The summed E-state index contributed by atoms with van der Waals surface area (Å²) in [5.41, 5.74) is -1.92. The summed E-state index contributed by atoms with van der Waals surface area (Å²) in [5.74, 6) is -3.86. The highest BCUT2D eigenvalue weighted by Gasteiger charge is 2.31. The van der Waals surface area contributed by atoms with Gasteiger partial charge in [0.1, 0.15) is 11.4 Å². The average molecular weight is 300 g/mol. The maximum absolute atomic E-state index is 13.9. The molecule has 1 aliphatic rings. The Labute approximate surface area is 118 Å². The molecule has 21 heavy (non-hydrogen) atoms. The molecular formula is C13H14F2N2O4. The number of halogens is 2. The number of hydrogen-bond acceptors (Lipinski definition) is 4. The standard InChI is InChI=1S/C13H14F2N2O4/c14-8-4-5-10(17(20)21)12(15)11(8)13(19)16-9-3-1-2-7(9)6-18/h4-5,7,9,18H,1-3,6H2,(H,16,19). The van der Waals surface area contributed by atoms with E-state index in [9.17, 15) is 23.7 Å². The lowest BCUT2D eigenvalue weighted by molar-refractivity contribution is -0.387. The van der Waals surface area contributed by atoms with E-state index in [0.717, 1.165) is 6.42 Å². The molecule has 1 aliphatic carbocycles. The van der Waals surface area contributed by atoms with E-state index in [4.69, 9.17) is 5.11 Å². The van der Waals surface area contributed by atoms with Gasteiger partial charge >= 0.3 is 5.69 Å². The molecule has 2 unspecified atom stereocenters. The molecule has 6 nitrogen and oxygen atoms in total. The van der Waals surface area contributed by atoms with Gasteiger partial charge in [-0.1, -0.05) is 6.42 Å². The number of hydrogen-bond donors (Lipinski definition) is 2. The number of benzene rings is 1. The molecule has 0 bridgehead atoms. The zero-order chi connectivity index (χ0) is 15.6. The third kappa shape index (κ3) is 2.99. The smallest absolute Gasteiger partial charge is 0.305 e.